The Labute approximate surface area is 179 Å². The summed E-state index contributed by atoms with van der Waals surface area (Å²) in [7, 11) is -3.47. The molecule has 1 fully saturated rings. The number of carbonyl (C=O) groups is 1. The van der Waals surface area contributed by atoms with Crippen molar-refractivity contribution in [3.63, 3.8) is 0 Å². The fraction of sp³-hybridized carbons (Fsp3) is 0.435. The van der Waals surface area contributed by atoms with Crippen molar-refractivity contribution < 1.29 is 18.1 Å². The molecule has 6 nitrogen and oxygen atoms in total. The highest BCUT2D eigenvalue weighted by Crippen LogP contribution is 2.18. The summed E-state index contributed by atoms with van der Waals surface area (Å²) in [5.74, 6) is 0.0201. The van der Waals surface area contributed by atoms with E-state index in [9.17, 15) is 13.2 Å². The molecular weight excluding hydrogens is 398 g/mol. The molecule has 0 saturated carbocycles. The Kier molecular flexibility index (Phi) is 7.64. The fourth-order valence-corrected chi connectivity index (χ4v) is 5.43. The molecule has 0 bridgehead atoms. The summed E-state index contributed by atoms with van der Waals surface area (Å²) in [4.78, 5) is 14.4. The minimum absolute atomic E-state index is 0.00491. The van der Waals surface area contributed by atoms with Gasteiger partial charge in [-0.05, 0) is 31.0 Å². The molecule has 0 radical (unpaired) electrons. The molecule has 162 valence electrons. The smallest absolute Gasteiger partial charge is 0.278 e. The van der Waals surface area contributed by atoms with Gasteiger partial charge in [-0.15, -0.1) is 0 Å². The first-order valence-electron chi connectivity index (χ1n) is 10.7. The highest BCUT2D eigenvalue weighted by Gasteiger charge is 2.34. The van der Waals surface area contributed by atoms with Crippen LogP contribution in [0.1, 0.15) is 38.3 Å². The lowest BCUT2D eigenvalue weighted by atomic mass is 10.0. The Bertz CT molecular complexity index is 911. The standard InChI is InChI=1S/C23H31N3O3S/c1-3-10-22(20-11-6-4-7-12-20)24-23(27)19(2)25-15-17-26(18-16-25)30(28,29)21-13-8-5-9-14-21/h4-9,11-14,19,22H,3,10,15-18H2,1-2H3,(H,24,27)/p+1/t19-,22+/m1/s1. The maximum absolute atomic E-state index is 12.9. The van der Waals surface area contributed by atoms with Crippen molar-refractivity contribution in [1.29, 1.82) is 0 Å². The molecule has 2 N–H and O–H groups in total. The van der Waals surface area contributed by atoms with Crippen LogP contribution in [0.25, 0.3) is 0 Å². The number of nitrogens with zero attached hydrogens (tertiary/aromatic N) is 1. The third-order valence-corrected chi connectivity index (χ3v) is 7.76. The summed E-state index contributed by atoms with van der Waals surface area (Å²) >= 11 is 0. The van der Waals surface area contributed by atoms with E-state index in [1.807, 2.05) is 43.3 Å². The van der Waals surface area contributed by atoms with Crippen LogP contribution in [0.15, 0.2) is 65.6 Å². The second-order valence-electron chi connectivity index (χ2n) is 7.86. The molecule has 2 aromatic rings. The van der Waals surface area contributed by atoms with E-state index >= 15 is 0 Å². The van der Waals surface area contributed by atoms with Crippen LogP contribution >= 0.6 is 0 Å². The molecule has 1 heterocycles. The van der Waals surface area contributed by atoms with Gasteiger partial charge in [0.25, 0.3) is 5.91 Å². The molecule has 0 aromatic heterocycles. The van der Waals surface area contributed by atoms with Crippen molar-refractivity contribution in [2.24, 2.45) is 0 Å². The largest absolute Gasteiger partial charge is 0.344 e. The van der Waals surface area contributed by atoms with Crippen LogP contribution in [0.4, 0.5) is 0 Å². The number of hydrogen-bond acceptors (Lipinski definition) is 3. The van der Waals surface area contributed by atoms with Gasteiger partial charge in [-0.2, -0.15) is 4.31 Å². The topological polar surface area (TPSA) is 70.9 Å². The van der Waals surface area contributed by atoms with E-state index in [4.69, 9.17) is 0 Å². The summed E-state index contributed by atoms with van der Waals surface area (Å²) in [5.41, 5.74) is 1.12. The minimum Gasteiger partial charge on any atom is -0.344 e. The first-order chi connectivity index (χ1) is 14.4. The number of nitrogens with one attached hydrogen (secondary N) is 2. The summed E-state index contributed by atoms with van der Waals surface area (Å²) in [6.07, 6.45) is 1.87. The van der Waals surface area contributed by atoms with Crippen molar-refractivity contribution in [1.82, 2.24) is 9.62 Å². The van der Waals surface area contributed by atoms with Gasteiger partial charge in [0, 0.05) is 0 Å². The fourth-order valence-electron chi connectivity index (χ4n) is 3.97. The first kappa shape index (κ1) is 22.5. The van der Waals surface area contributed by atoms with E-state index in [1.165, 1.54) is 4.31 Å². The monoisotopic (exact) mass is 430 g/mol. The quantitative estimate of drug-likeness (QED) is 0.669. The van der Waals surface area contributed by atoms with Crippen LogP contribution in [0.3, 0.4) is 0 Å². The van der Waals surface area contributed by atoms with Gasteiger partial charge < -0.3 is 10.2 Å². The lowest BCUT2D eigenvalue weighted by Gasteiger charge is -2.34. The molecule has 0 aliphatic carbocycles. The second kappa shape index (κ2) is 10.2. The van der Waals surface area contributed by atoms with E-state index in [0.717, 1.165) is 23.3 Å². The average molecular weight is 431 g/mol. The van der Waals surface area contributed by atoms with Gasteiger partial charge in [-0.3, -0.25) is 4.79 Å². The number of amides is 1. The zero-order valence-electron chi connectivity index (χ0n) is 17.8. The second-order valence-corrected chi connectivity index (χ2v) is 9.80. The van der Waals surface area contributed by atoms with Crippen LogP contribution in [-0.2, 0) is 14.8 Å². The van der Waals surface area contributed by atoms with Crippen molar-refractivity contribution in [3.05, 3.63) is 66.2 Å². The van der Waals surface area contributed by atoms with Crippen LogP contribution in [0, 0.1) is 0 Å². The lowest BCUT2D eigenvalue weighted by Crippen LogP contribution is -3.19. The highest BCUT2D eigenvalue weighted by molar-refractivity contribution is 7.89. The number of hydrogen-bond donors (Lipinski definition) is 2. The van der Waals surface area contributed by atoms with Crippen molar-refractivity contribution in [2.45, 2.75) is 43.7 Å². The zero-order valence-corrected chi connectivity index (χ0v) is 18.6. The molecule has 1 aliphatic heterocycles. The molecule has 3 rings (SSSR count). The molecule has 30 heavy (non-hydrogen) atoms. The van der Waals surface area contributed by atoms with Gasteiger partial charge in [-0.1, -0.05) is 61.9 Å². The van der Waals surface area contributed by atoms with Crippen LogP contribution < -0.4 is 10.2 Å². The van der Waals surface area contributed by atoms with Gasteiger partial charge in [0.05, 0.1) is 37.1 Å². The van der Waals surface area contributed by atoms with Gasteiger partial charge in [-0.25, -0.2) is 8.42 Å². The number of piperazine rings is 1. The first-order valence-corrected chi connectivity index (χ1v) is 12.1. The maximum atomic E-state index is 12.9. The van der Waals surface area contributed by atoms with E-state index < -0.39 is 10.0 Å². The number of benzene rings is 2. The number of quaternary nitrogens is 1. The molecule has 7 heteroatoms. The SMILES string of the molecule is CCC[C@H](NC(=O)[C@@H](C)[NH+]1CCN(S(=O)(=O)c2ccccc2)CC1)c1ccccc1. The third-order valence-electron chi connectivity index (χ3n) is 5.85. The summed E-state index contributed by atoms with van der Waals surface area (Å²) in [5, 5.41) is 3.21. The molecule has 1 amide bonds. The van der Waals surface area contributed by atoms with Gasteiger partial charge in [0.1, 0.15) is 0 Å². The van der Waals surface area contributed by atoms with Crippen LogP contribution in [0.2, 0.25) is 0 Å². The Balaban J connectivity index is 1.59. The summed E-state index contributed by atoms with van der Waals surface area (Å²) < 4.78 is 27.1. The molecule has 1 aliphatic rings. The predicted molar refractivity (Wildman–Crippen MR) is 118 cm³/mol. The Morgan fingerprint density at radius 2 is 1.60 bits per heavy atom. The van der Waals surface area contributed by atoms with E-state index in [1.54, 1.807) is 24.3 Å². The van der Waals surface area contributed by atoms with Gasteiger partial charge >= 0.3 is 0 Å². The minimum atomic E-state index is -3.47. The Morgan fingerprint density at radius 1 is 1.03 bits per heavy atom. The van der Waals surface area contributed by atoms with Crippen LogP contribution in [0.5, 0.6) is 0 Å². The Morgan fingerprint density at radius 3 is 2.17 bits per heavy atom. The number of carbonyl (C=O) groups excluding carboxylic acids is 1. The van der Waals surface area contributed by atoms with Gasteiger partial charge in [0.2, 0.25) is 10.0 Å². The van der Waals surface area contributed by atoms with E-state index in [2.05, 4.69) is 12.2 Å². The molecular formula is C23H32N3O3S+. The van der Waals surface area contributed by atoms with Crippen LogP contribution in [-0.4, -0.2) is 50.9 Å². The average Bonchev–Trinajstić information content (AvgIpc) is 2.79. The summed E-state index contributed by atoms with van der Waals surface area (Å²) in [6.45, 7) is 6.11. The molecule has 2 aromatic carbocycles. The predicted octanol–water partition coefficient (Wildman–Crippen LogP) is 1.62. The normalized spacial score (nSPS) is 17.9. The molecule has 0 spiro atoms. The van der Waals surface area contributed by atoms with Crippen molar-refractivity contribution in [2.75, 3.05) is 26.2 Å². The summed E-state index contributed by atoms with van der Waals surface area (Å²) in [6, 6.07) is 18.4. The lowest BCUT2D eigenvalue weighted by molar-refractivity contribution is -0.917. The third kappa shape index (κ3) is 5.28. The van der Waals surface area contributed by atoms with Crippen molar-refractivity contribution >= 4 is 15.9 Å². The maximum Gasteiger partial charge on any atom is 0.278 e. The zero-order chi connectivity index (χ0) is 21.6. The van der Waals surface area contributed by atoms with E-state index in [0.29, 0.717) is 31.1 Å². The Hall–Kier alpha value is -2.22. The van der Waals surface area contributed by atoms with Crippen molar-refractivity contribution in [3.8, 4) is 0 Å². The molecule has 0 unspecified atom stereocenters. The number of sulfonamides is 1. The molecule has 2 atom stereocenters. The highest BCUT2D eigenvalue weighted by atomic mass is 32.2. The number of rotatable bonds is 8. The van der Waals surface area contributed by atoms with Gasteiger partial charge in [0.15, 0.2) is 6.04 Å². The molecule has 1 saturated heterocycles. The van der Waals surface area contributed by atoms with E-state index in [-0.39, 0.29) is 18.0 Å².